The number of carboxylic acids is 1. The van der Waals surface area contributed by atoms with E-state index in [2.05, 4.69) is 16.9 Å². The van der Waals surface area contributed by atoms with Crippen LogP contribution in [0.5, 0.6) is 0 Å². The van der Waals surface area contributed by atoms with Gasteiger partial charge in [0.2, 0.25) is 0 Å². The van der Waals surface area contributed by atoms with E-state index in [1.165, 1.54) is 6.20 Å². The number of rotatable bonds is 6. The lowest BCUT2D eigenvalue weighted by Crippen LogP contribution is -2.07. The zero-order valence-electron chi connectivity index (χ0n) is 9.09. The molecule has 17 heavy (non-hydrogen) atoms. The van der Waals surface area contributed by atoms with Crippen molar-refractivity contribution in [2.24, 2.45) is 0 Å². The van der Waals surface area contributed by atoms with E-state index in [1.54, 1.807) is 24.5 Å². The second kappa shape index (κ2) is 6.22. The Hall–Kier alpha value is -2.43. The third-order valence-electron chi connectivity index (χ3n) is 1.96. The van der Waals surface area contributed by atoms with E-state index < -0.39 is 5.97 Å². The maximum atomic E-state index is 11.1. The van der Waals surface area contributed by atoms with Crippen LogP contribution in [0.3, 0.4) is 0 Å². The molecule has 0 unspecified atom stereocenters. The summed E-state index contributed by atoms with van der Waals surface area (Å²) in [6.07, 6.45) is 5.36. The van der Waals surface area contributed by atoms with Gasteiger partial charge in [-0.25, -0.2) is 4.79 Å². The summed E-state index contributed by atoms with van der Waals surface area (Å²) in [6.45, 7) is 3.29. The topological polar surface area (TPSA) is 79.3 Å². The molecular weight excluding hydrogens is 220 g/mol. The minimum atomic E-state index is -1.14. The van der Waals surface area contributed by atoms with Gasteiger partial charge in [0.25, 0.3) is 0 Å². The molecule has 0 saturated heterocycles. The van der Waals surface area contributed by atoms with Crippen LogP contribution in [0.15, 0.2) is 49.0 Å². The van der Waals surface area contributed by atoms with Crippen molar-refractivity contribution in [3.8, 4) is 0 Å². The zero-order chi connectivity index (χ0) is 12.7. The number of allylic oxidation sites excluding steroid dienone is 1. The van der Waals surface area contributed by atoms with Gasteiger partial charge in [-0.2, -0.15) is 0 Å². The van der Waals surface area contributed by atoms with E-state index >= 15 is 0 Å². The smallest absolute Gasteiger partial charge is 0.333 e. The number of aromatic nitrogens is 1. The molecule has 0 aromatic carbocycles. The van der Waals surface area contributed by atoms with Crippen LogP contribution in [0, 0.1) is 0 Å². The SMILES string of the molecule is C=CC(=O)CC(=CNc1ccncc1)C(=O)O. The Morgan fingerprint density at radius 3 is 2.59 bits per heavy atom. The highest BCUT2D eigenvalue weighted by Gasteiger charge is 2.10. The second-order valence-corrected chi connectivity index (χ2v) is 3.20. The average Bonchev–Trinajstić information content (AvgIpc) is 2.35. The van der Waals surface area contributed by atoms with E-state index in [0.29, 0.717) is 5.69 Å². The molecule has 1 aromatic heterocycles. The Bertz CT molecular complexity index is 452. The van der Waals surface area contributed by atoms with Crippen molar-refractivity contribution in [1.82, 2.24) is 4.98 Å². The van der Waals surface area contributed by atoms with Crippen molar-refractivity contribution in [2.75, 3.05) is 5.32 Å². The summed E-state index contributed by atoms with van der Waals surface area (Å²) in [6, 6.07) is 3.37. The van der Waals surface area contributed by atoms with Crippen LogP contribution in [-0.2, 0) is 9.59 Å². The Labute approximate surface area is 98.5 Å². The predicted molar refractivity (Wildman–Crippen MR) is 63.4 cm³/mol. The van der Waals surface area contributed by atoms with E-state index in [9.17, 15) is 9.59 Å². The maximum absolute atomic E-state index is 11.1. The summed E-state index contributed by atoms with van der Waals surface area (Å²) in [5.41, 5.74) is 0.677. The molecule has 5 heteroatoms. The monoisotopic (exact) mass is 232 g/mol. The van der Waals surface area contributed by atoms with Crippen LogP contribution >= 0.6 is 0 Å². The van der Waals surface area contributed by atoms with Gasteiger partial charge in [-0.3, -0.25) is 9.78 Å². The number of nitrogens with one attached hydrogen (secondary N) is 1. The number of nitrogens with zero attached hydrogens (tertiary/aromatic N) is 1. The molecule has 0 atom stereocenters. The molecule has 1 heterocycles. The Balaban J connectivity index is 2.74. The summed E-state index contributed by atoms with van der Waals surface area (Å²) >= 11 is 0. The molecule has 0 aliphatic rings. The normalized spacial score (nSPS) is 10.7. The quantitative estimate of drug-likeness (QED) is 0.728. The Morgan fingerprint density at radius 2 is 2.06 bits per heavy atom. The Kier molecular flexibility index (Phi) is 4.62. The Morgan fingerprint density at radius 1 is 1.41 bits per heavy atom. The number of aliphatic carboxylic acids is 1. The molecule has 1 rings (SSSR count). The molecule has 2 N–H and O–H groups in total. The van der Waals surface area contributed by atoms with E-state index in [0.717, 1.165) is 6.08 Å². The third kappa shape index (κ3) is 4.29. The number of anilines is 1. The van der Waals surface area contributed by atoms with Crippen LogP contribution in [0.2, 0.25) is 0 Å². The highest BCUT2D eigenvalue weighted by Crippen LogP contribution is 2.07. The largest absolute Gasteiger partial charge is 0.478 e. The van der Waals surface area contributed by atoms with Crippen molar-refractivity contribution >= 4 is 17.4 Å². The van der Waals surface area contributed by atoms with Crippen LogP contribution in [0.1, 0.15) is 6.42 Å². The van der Waals surface area contributed by atoms with Gasteiger partial charge in [-0.05, 0) is 18.2 Å². The van der Waals surface area contributed by atoms with Gasteiger partial charge in [-0.15, -0.1) is 0 Å². The average molecular weight is 232 g/mol. The molecule has 88 valence electrons. The number of carboxylic acid groups (broad SMARTS) is 1. The molecule has 0 spiro atoms. The van der Waals surface area contributed by atoms with Gasteiger partial charge >= 0.3 is 5.97 Å². The standard InChI is InChI=1S/C12H12N2O3/c1-2-11(15)7-9(12(16)17)8-14-10-3-5-13-6-4-10/h2-6,8H,1,7H2,(H,13,14)(H,16,17). The van der Waals surface area contributed by atoms with Crippen molar-refractivity contribution in [1.29, 1.82) is 0 Å². The van der Waals surface area contributed by atoms with Crippen LogP contribution in [0.25, 0.3) is 0 Å². The highest BCUT2D eigenvalue weighted by atomic mass is 16.4. The van der Waals surface area contributed by atoms with E-state index in [1.807, 2.05) is 0 Å². The number of pyridine rings is 1. The zero-order valence-corrected chi connectivity index (χ0v) is 9.09. The maximum Gasteiger partial charge on any atom is 0.333 e. The number of hydrogen-bond acceptors (Lipinski definition) is 4. The van der Waals surface area contributed by atoms with Gasteiger partial charge in [0, 0.05) is 30.7 Å². The van der Waals surface area contributed by atoms with Crippen molar-refractivity contribution in [2.45, 2.75) is 6.42 Å². The highest BCUT2D eigenvalue weighted by molar-refractivity contribution is 5.99. The molecule has 0 aliphatic heterocycles. The fraction of sp³-hybridized carbons (Fsp3) is 0.0833. The number of ketones is 1. The molecule has 0 bridgehead atoms. The first-order valence-electron chi connectivity index (χ1n) is 4.87. The first kappa shape index (κ1) is 12.6. The van der Waals surface area contributed by atoms with Gasteiger partial charge in [0.1, 0.15) is 0 Å². The number of hydrogen-bond donors (Lipinski definition) is 2. The van der Waals surface area contributed by atoms with Crippen LogP contribution < -0.4 is 5.32 Å². The number of carbonyl (C=O) groups excluding carboxylic acids is 1. The summed E-state index contributed by atoms with van der Waals surface area (Å²) in [5, 5.41) is 11.7. The van der Waals surface area contributed by atoms with Crippen molar-refractivity contribution < 1.29 is 14.7 Å². The minimum Gasteiger partial charge on any atom is -0.478 e. The van der Waals surface area contributed by atoms with Crippen LogP contribution in [-0.4, -0.2) is 21.8 Å². The number of carbonyl (C=O) groups is 2. The summed E-state index contributed by atoms with van der Waals surface area (Å²) in [7, 11) is 0. The van der Waals surface area contributed by atoms with Gasteiger partial charge in [0.05, 0.1) is 5.57 Å². The first-order chi connectivity index (χ1) is 8.13. The molecule has 1 aromatic rings. The van der Waals surface area contributed by atoms with E-state index in [4.69, 9.17) is 5.11 Å². The summed E-state index contributed by atoms with van der Waals surface area (Å²) in [4.78, 5) is 25.8. The van der Waals surface area contributed by atoms with Gasteiger partial charge in [0.15, 0.2) is 5.78 Å². The molecule has 0 amide bonds. The molecule has 0 fully saturated rings. The van der Waals surface area contributed by atoms with Crippen LogP contribution in [0.4, 0.5) is 5.69 Å². The molecule has 0 radical (unpaired) electrons. The van der Waals surface area contributed by atoms with E-state index in [-0.39, 0.29) is 17.8 Å². The fourth-order valence-corrected chi connectivity index (χ4v) is 1.07. The predicted octanol–water partition coefficient (Wildman–Crippen LogP) is 1.61. The molecule has 0 aliphatic carbocycles. The summed E-state index contributed by atoms with van der Waals surface area (Å²) in [5.74, 6) is -1.48. The molecule has 5 nitrogen and oxygen atoms in total. The second-order valence-electron chi connectivity index (χ2n) is 3.20. The lowest BCUT2D eigenvalue weighted by molar-refractivity contribution is -0.133. The van der Waals surface area contributed by atoms with Gasteiger partial charge < -0.3 is 10.4 Å². The molecule has 0 saturated carbocycles. The lowest BCUT2D eigenvalue weighted by Gasteiger charge is -2.02. The minimum absolute atomic E-state index is 0.0216. The van der Waals surface area contributed by atoms with Gasteiger partial charge in [-0.1, -0.05) is 6.58 Å². The third-order valence-corrected chi connectivity index (χ3v) is 1.96. The first-order valence-corrected chi connectivity index (χ1v) is 4.87. The van der Waals surface area contributed by atoms with Crippen molar-refractivity contribution in [3.05, 3.63) is 49.0 Å². The molecular formula is C12H12N2O3. The lowest BCUT2D eigenvalue weighted by atomic mass is 10.1. The summed E-state index contributed by atoms with van der Waals surface area (Å²) < 4.78 is 0. The van der Waals surface area contributed by atoms with Crippen molar-refractivity contribution in [3.63, 3.8) is 0 Å². The fourth-order valence-electron chi connectivity index (χ4n) is 1.07.